The highest BCUT2D eigenvalue weighted by atomic mass is 16.2. The monoisotopic (exact) mass is 426 g/mol. The Morgan fingerprint density at radius 2 is 1.56 bits per heavy atom. The van der Waals surface area contributed by atoms with Crippen LogP contribution in [0.15, 0.2) is 91.0 Å². The molecule has 1 aliphatic rings. The first-order chi connectivity index (χ1) is 15.7. The number of carbonyl (C=O) groups excluding carboxylic acids is 2. The molecule has 3 N–H and O–H groups in total. The summed E-state index contributed by atoms with van der Waals surface area (Å²) >= 11 is 0. The van der Waals surface area contributed by atoms with Crippen LogP contribution >= 0.6 is 0 Å². The van der Waals surface area contributed by atoms with Crippen LogP contribution in [-0.2, 0) is 6.54 Å². The third kappa shape index (κ3) is 4.87. The van der Waals surface area contributed by atoms with Crippen LogP contribution < -0.4 is 16.2 Å². The zero-order valence-corrected chi connectivity index (χ0v) is 17.8. The quantitative estimate of drug-likeness (QED) is 0.365. The molecular weight excluding hydrogens is 400 g/mol. The minimum absolute atomic E-state index is 0.0386. The van der Waals surface area contributed by atoms with E-state index in [4.69, 9.17) is 5.84 Å². The summed E-state index contributed by atoms with van der Waals surface area (Å²) in [6.07, 6.45) is 2.96. The van der Waals surface area contributed by atoms with Crippen LogP contribution in [0.5, 0.6) is 0 Å². The Hall–Kier alpha value is -3.90. The highest BCUT2D eigenvalue weighted by molar-refractivity contribution is 5.94. The molecule has 3 amide bonds. The number of hydrazine groups is 1. The molecular formula is C26H26N4O2. The SMILES string of the molecule is NNC(=O)c1ccc(CN(C(=O)N2CC=C(c3ccccc3)CC2)c2ccccc2)cc1. The molecule has 6 nitrogen and oxygen atoms in total. The number of hydrogen-bond acceptors (Lipinski definition) is 3. The first-order valence-electron chi connectivity index (χ1n) is 10.6. The van der Waals surface area contributed by atoms with Crippen LogP contribution in [0.3, 0.4) is 0 Å². The fraction of sp³-hybridized carbons (Fsp3) is 0.154. The number of nitrogens with one attached hydrogen (secondary N) is 1. The summed E-state index contributed by atoms with van der Waals surface area (Å²) in [6, 6.07) is 27.0. The van der Waals surface area contributed by atoms with Crippen LogP contribution in [0.25, 0.3) is 5.57 Å². The van der Waals surface area contributed by atoms with Gasteiger partial charge in [-0.15, -0.1) is 0 Å². The van der Waals surface area contributed by atoms with Gasteiger partial charge in [-0.1, -0.05) is 66.7 Å². The zero-order valence-electron chi connectivity index (χ0n) is 17.8. The summed E-state index contributed by atoms with van der Waals surface area (Å²) in [6.45, 7) is 1.64. The van der Waals surface area contributed by atoms with Crippen LogP contribution in [0, 0.1) is 0 Å². The number of carbonyl (C=O) groups is 2. The van der Waals surface area contributed by atoms with Crippen LogP contribution in [0.4, 0.5) is 10.5 Å². The van der Waals surface area contributed by atoms with Gasteiger partial charge in [0.2, 0.25) is 0 Å². The van der Waals surface area contributed by atoms with Crippen molar-refractivity contribution in [1.29, 1.82) is 0 Å². The van der Waals surface area contributed by atoms with Gasteiger partial charge in [0, 0.05) is 24.3 Å². The van der Waals surface area contributed by atoms with Crippen LogP contribution in [0.2, 0.25) is 0 Å². The number of rotatable bonds is 5. The number of nitrogens with two attached hydrogens (primary N) is 1. The van der Waals surface area contributed by atoms with Crippen molar-refractivity contribution in [2.75, 3.05) is 18.0 Å². The van der Waals surface area contributed by atoms with Crippen molar-refractivity contribution in [3.05, 3.63) is 108 Å². The van der Waals surface area contributed by atoms with E-state index in [2.05, 4.69) is 23.6 Å². The summed E-state index contributed by atoms with van der Waals surface area (Å²) in [4.78, 5) is 28.9. The largest absolute Gasteiger partial charge is 0.325 e. The van der Waals surface area contributed by atoms with E-state index in [1.54, 1.807) is 17.0 Å². The van der Waals surface area contributed by atoms with Gasteiger partial charge in [0.1, 0.15) is 0 Å². The average molecular weight is 427 g/mol. The van der Waals surface area contributed by atoms with Crippen molar-refractivity contribution in [2.45, 2.75) is 13.0 Å². The minimum atomic E-state index is -0.345. The number of nitrogen functional groups attached to an aromatic ring is 1. The second-order valence-electron chi connectivity index (χ2n) is 7.67. The number of urea groups is 1. The topological polar surface area (TPSA) is 78.7 Å². The molecule has 0 bridgehead atoms. The van der Waals surface area contributed by atoms with Crippen LogP contribution in [0.1, 0.15) is 27.9 Å². The third-order valence-corrected chi connectivity index (χ3v) is 5.61. The van der Waals surface area contributed by atoms with Crippen molar-refractivity contribution in [1.82, 2.24) is 10.3 Å². The van der Waals surface area contributed by atoms with Gasteiger partial charge < -0.3 is 4.90 Å². The molecule has 0 saturated heterocycles. The Bertz CT molecular complexity index is 1100. The average Bonchev–Trinajstić information content (AvgIpc) is 2.88. The summed E-state index contributed by atoms with van der Waals surface area (Å²) in [5.74, 6) is 4.86. The molecule has 6 heteroatoms. The summed E-state index contributed by atoms with van der Waals surface area (Å²) in [7, 11) is 0. The van der Waals surface area contributed by atoms with Gasteiger partial charge in [-0.2, -0.15) is 0 Å². The van der Waals surface area contributed by atoms with Crippen molar-refractivity contribution < 1.29 is 9.59 Å². The predicted octanol–water partition coefficient (Wildman–Crippen LogP) is 4.21. The molecule has 3 aromatic rings. The Kier molecular flexibility index (Phi) is 6.63. The molecule has 162 valence electrons. The smallest absolute Gasteiger partial charge is 0.320 e. The van der Waals surface area contributed by atoms with Gasteiger partial charge in [-0.25, -0.2) is 10.6 Å². The summed E-state index contributed by atoms with van der Waals surface area (Å²) in [5, 5.41) is 0. The summed E-state index contributed by atoms with van der Waals surface area (Å²) < 4.78 is 0. The molecule has 0 saturated carbocycles. The van der Waals surface area contributed by atoms with Gasteiger partial charge >= 0.3 is 6.03 Å². The molecule has 0 fully saturated rings. The molecule has 0 unspecified atom stereocenters. The van der Waals surface area contributed by atoms with E-state index >= 15 is 0 Å². The maximum absolute atomic E-state index is 13.5. The van der Waals surface area contributed by atoms with Gasteiger partial charge in [-0.05, 0) is 47.4 Å². The first kappa shape index (κ1) is 21.3. The molecule has 0 atom stereocenters. The predicted molar refractivity (Wildman–Crippen MR) is 127 cm³/mol. The first-order valence-corrected chi connectivity index (χ1v) is 10.6. The Morgan fingerprint density at radius 1 is 0.906 bits per heavy atom. The van der Waals surface area contributed by atoms with Gasteiger partial charge in [-0.3, -0.25) is 15.1 Å². The van der Waals surface area contributed by atoms with E-state index in [0.717, 1.165) is 17.7 Å². The standard InChI is InChI=1S/C26H26N4O2/c27-28-25(31)23-13-11-20(12-14-23)19-30(24-9-5-2-6-10-24)26(32)29-17-15-22(16-18-29)21-7-3-1-4-8-21/h1-15H,16-19,27H2,(H,28,31). The van der Waals surface area contributed by atoms with Crippen LogP contribution in [-0.4, -0.2) is 29.9 Å². The molecule has 0 aromatic heterocycles. The van der Waals surface area contributed by atoms with Crippen molar-refractivity contribution in [3.8, 4) is 0 Å². The van der Waals surface area contributed by atoms with Gasteiger partial charge in [0.15, 0.2) is 0 Å². The van der Waals surface area contributed by atoms with Gasteiger partial charge in [0.05, 0.1) is 6.54 Å². The van der Waals surface area contributed by atoms with E-state index in [1.807, 2.05) is 65.6 Å². The molecule has 32 heavy (non-hydrogen) atoms. The Labute approximate surface area is 187 Å². The van der Waals surface area contributed by atoms with Crippen molar-refractivity contribution in [3.63, 3.8) is 0 Å². The number of benzene rings is 3. The maximum atomic E-state index is 13.5. The Balaban J connectivity index is 1.53. The fourth-order valence-corrected chi connectivity index (χ4v) is 3.83. The summed E-state index contributed by atoms with van der Waals surface area (Å²) in [5.41, 5.74) is 6.84. The number of amides is 3. The lowest BCUT2D eigenvalue weighted by molar-refractivity contribution is 0.0953. The van der Waals surface area contributed by atoms with E-state index in [0.29, 0.717) is 25.2 Å². The molecule has 0 spiro atoms. The molecule has 4 rings (SSSR count). The van der Waals surface area contributed by atoms with E-state index in [9.17, 15) is 9.59 Å². The molecule has 0 aliphatic carbocycles. The normalized spacial score (nSPS) is 13.3. The van der Waals surface area contributed by atoms with E-state index in [1.165, 1.54) is 11.1 Å². The van der Waals surface area contributed by atoms with Crippen molar-refractivity contribution >= 4 is 23.2 Å². The lowest BCUT2D eigenvalue weighted by Crippen LogP contribution is -2.44. The second-order valence-corrected chi connectivity index (χ2v) is 7.67. The molecule has 1 heterocycles. The highest BCUT2D eigenvalue weighted by Gasteiger charge is 2.24. The molecule has 3 aromatic carbocycles. The zero-order chi connectivity index (χ0) is 22.3. The number of hydrogen-bond donors (Lipinski definition) is 2. The van der Waals surface area contributed by atoms with E-state index < -0.39 is 0 Å². The maximum Gasteiger partial charge on any atom is 0.325 e. The number of para-hydroxylation sites is 1. The van der Waals surface area contributed by atoms with Crippen molar-refractivity contribution in [2.24, 2.45) is 5.84 Å². The molecule has 1 aliphatic heterocycles. The van der Waals surface area contributed by atoms with E-state index in [-0.39, 0.29) is 11.9 Å². The third-order valence-electron chi connectivity index (χ3n) is 5.61. The second kappa shape index (κ2) is 9.94. The number of nitrogens with zero attached hydrogens (tertiary/aromatic N) is 2. The fourth-order valence-electron chi connectivity index (χ4n) is 3.83. The minimum Gasteiger partial charge on any atom is -0.320 e. The van der Waals surface area contributed by atoms with Gasteiger partial charge in [0.25, 0.3) is 5.91 Å². The lowest BCUT2D eigenvalue weighted by atomic mass is 10.00. The Morgan fingerprint density at radius 3 is 2.16 bits per heavy atom. The molecule has 0 radical (unpaired) electrons. The highest BCUT2D eigenvalue weighted by Crippen LogP contribution is 2.25. The lowest BCUT2D eigenvalue weighted by Gasteiger charge is -2.33. The number of anilines is 1.